The van der Waals surface area contributed by atoms with Crippen LogP contribution in [0.2, 0.25) is 0 Å². The highest BCUT2D eigenvalue weighted by Crippen LogP contribution is 2.29. The summed E-state index contributed by atoms with van der Waals surface area (Å²) in [5, 5.41) is 0. The van der Waals surface area contributed by atoms with Crippen LogP contribution in [-0.2, 0) is 6.42 Å². The van der Waals surface area contributed by atoms with E-state index in [-0.39, 0.29) is 6.42 Å². The highest BCUT2D eigenvalue weighted by Gasteiger charge is 2.35. The standard InChI is InChI=1S/C15H19F3/c1-9(2)13-7-6-12(10(3)11(13)4)8-15(5,18)14(16)17/h6-7,14H,1,8H2,2-5H3. The summed E-state index contributed by atoms with van der Waals surface area (Å²) in [7, 11) is 0. The number of benzene rings is 1. The SMILES string of the molecule is C=C(C)c1ccc(CC(C)(F)C(F)F)c(C)c1C. The van der Waals surface area contributed by atoms with E-state index < -0.39 is 12.1 Å². The number of alkyl halides is 3. The molecular weight excluding hydrogens is 237 g/mol. The van der Waals surface area contributed by atoms with Crippen LogP contribution in [-0.4, -0.2) is 12.1 Å². The van der Waals surface area contributed by atoms with Gasteiger partial charge in [-0.15, -0.1) is 0 Å². The van der Waals surface area contributed by atoms with Crippen LogP contribution in [0.5, 0.6) is 0 Å². The Labute approximate surface area is 107 Å². The summed E-state index contributed by atoms with van der Waals surface area (Å²) in [6.45, 7) is 10.4. The lowest BCUT2D eigenvalue weighted by Gasteiger charge is -2.22. The second kappa shape index (κ2) is 5.17. The van der Waals surface area contributed by atoms with E-state index in [1.807, 2.05) is 26.8 Å². The summed E-state index contributed by atoms with van der Waals surface area (Å²) in [6.07, 6.45) is -3.24. The number of hydrogen-bond donors (Lipinski definition) is 0. The molecule has 0 saturated heterocycles. The maximum Gasteiger partial charge on any atom is 0.272 e. The predicted octanol–water partition coefficient (Wildman–Crippen LogP) is 4.87. The Morgan fingerprint density at radius 3 is 2.28 bits per heavy atom. The average Bonchev–Trinajstić information content (AvgIpc) is 2.24. The molecule has 0 fully saturated rings. The van der Waals surface area contributed by atoms with Gasteiger partial charge >= 0.3 is 0 Å². The second-order valence-electron chi connectivity index (χ2n) is 5.06. The van der Waals surface area contributed by atoms with Crippen molar-refractivity contribution in [2.75, 3.05) is 0 Å². The number of rotatable bonds is 4. The Hall–Kier alpha value is -1.25. The van der Waals surface area contributed by atoms with Gasteiger partial charge in [-0.2, -0.15) is 0 Å². The number of hydrogen-bond acceptors (Lipinski definition) is 0. The maximum absolute atomic E-state index is 13.7. The molecule has 1 atom stereocenters. The third kappa shape index (κ3) is 2.95. The fraction of sp³-hybridized carbons (Fsp3) is 0.467. The molecule has 0 N–H and O–H groups in total. The summed E-state index contributed by atoms with van der Waals surface area (Å²) in [5.74, 6) is 0. The minimum atomic E-state index is -2.97. The third-order valence-corrected chi connectivity index (χ3v) is 3.35. The lowest BCUT2D eigenvalue weighted by Crippen LogP contribution is -2.31. The summed E-state index contributed by atoms with van der Waals surface area (Å²) in [4.78, 5) is 0. The van der Waals surface area contributed by atoms with Crippen LogP contribution >= 0.6 is 0 Å². The van der Waals surface area contributed by atoms with E-state index in [1.165, 1.54) is 0 Å². The molecule has 0 bridgehead atoms. The van der Waals surface area contributed by atoms with E-state index >= 15 is 0 Å². The summed E-state index contributed by atoms with van der Waals surface area (Å²) in [6, 6.07) is 3.54. The zero-order valence-corrected chi connectivity index (χ0v) is 11.3. The van der Waals surface area contributed by atoms with Crippen LogP contribution in [0.25, 0.3) is 5.57 Å². The first-order valence-electron chi connectivity index (χ1n) is 5.89. The van der Waals surface area contributed by atoms with Gasteiger partial charge in [0.2, 0.25) is 0 Å². The van der Waals surface area contributed by atoms with E-state index in [0.717, 1.165) is 29.2 Å². The molecule has 1 rings (SSSR count). The monoisotopic (exact) mass is 256 g/mol. The van der Waals surface area contributed by atoms with Gasteiger partial charge in [0.25, 0.3) is 6.43 Å². The third-order valence-electron chi connectivity index (χ3n) is 3.35. The average molecular weight is 256 g/mol. The van der Waals surface area contributed by atoms with Crippen molar-refractivity contribution in [3.8, 4) is 0 Å². The maximum atomic E-state index is 13.7. The van der Waals surface area contributed by atoms with Crippen molar-refractivity contribution in [3.05, 3.63) is 41.0 Å². The number of halogens is 3. The molecule has 0 aliphatic rings. The van der Waals surface area contributed by atoms with Gasteiger partial charge in [0.1, 0.15) is 0 Å². The van der Waals surface area contributed by atoms with Crippen molar-refractivity contribution in [2.45, 2.75) is 46.2 Å². The molecule has 0 nitrogen and oxygen atoms in total. The Kier molecular flexibility index (Phi) is 4.25. The fourth-order valence-electron chi connectivity index (χ4n) is 1.98. The Morgan fingerprint density at radius 2 is 1.83 bits per heavy atom. The van der Waals surface area contributed by atoms with Gasteiger partial charge in [0.15, 0.2) is 5.67 Å². The quantitative estimate of drug-likeness (QED) is 0.720. The van der Waals surface area contributed by atoms with Crippen molar-refractivity contribution in [2.24, 2.45) is 0 Å². The fourth-order valence-corrected chi connectivity index (χ4v) is 1.98. The zero-order valence-electron chi connectivity index (χ0n) is 11.3. The molecule has 0 amide bonds. The molecule has 0 aromatic heterocycles. The molecule has 18 heavy (non-hydrogen) atoms. The minimum absolute atomic E-state index is 0.270. The van der Waals surface area contributed by atoms with Gasteiger partial charge in [-0.05, 0) is 49.9 Å². The van der Waals surface area contributed by atoms with Gasteiger partial charge in [-0.1, -0.05) is 24.3 Å². The summed E-state index contributed by atoms with van der Waals surface area (Å²) >= 11 is 0. The molecule has 0 aliphatic heterocycles. The van der Waals surface area contributed by atoms with Crippen LogP contribution in [0.4, 0.5) is 13.2 Å². The predicted molar refractivity (Wildman–Crippen MR) is 69.8 cm³/mol. The van der Waals surface area contributed by atoms with Gasteiger partial charge in [-0.3, -0.25) is 0 Å². The molecule has 1 unspecified atom stereocenters. The Bertz CT molecular complexity index is 459. The van der Waals surface area contributed by atoms with Crippen LogP contribution in [0.1, 0.15) is 36.1 Å². The zero-order chi connectivity index (χ0) is 14.1. The molecule has 0 saturated carbocycles. The topological polar surface area (TPSA) is 0 Å². The van der Waals surface area contributed by atoms with Crippen molar-refractivity contribution in [3.63, 3.8) is 0 Å². The molecule has 3 heteroatoms. The highest BCUT2D eigenvalue weighted by atomic mass is 19.3. The van der Waals surface area contributed by atoms with Crippen LogP contribution in [0.15, 0.2) is 18.7 Å². The normalized spacial score (nSPS) is 14.7. The van der Waals surface area contributed by atoms with Crippen molar-refractivity contribution in [1.29, 1.82) is 0 Å². The Balaban J connectivity index is 3.14. The number of allylic oxidation sites excluding steroid dienone is 1. The van der Waals surface area contributed by atoms with Crippen LogP contribution < -0.4 is 0 Å². The minimum Gasteiger partial charge on any atom is -0.238 e. The first-order chi connectivity index (χ1) is 8.16. The van der Waals surface area contributed by atoms with Crippen LogP contribution in [0.3, 0.4) is 0 Å². The van der Waals surface area contributed by atoms with E-state index in [9.17, 15) is 13.2 Å². The first kappa shape index (κ1) is 14.8. The molecule has 0 radical (unpaired) electrons. The van der Waals surface area contributed by atoms with Crippen molar-refractivity contribution in [1.82, 2.24) is 0 Å². The molecular formula is C15H19F3. The molecule has 100 valence electrons. The lowest BCUT2D eigenvalue weighted by molar-refractivity contribution is -0.0216. The van der Waals surface area contributed by atoms with Gasteiger partial charge in [0, 0.05) is 6.42 Å². The van der Waals surface area contributed by atoms with E-state index in [2.05, 4.69) is 6.58 Å². The van der Waals surface area contributed by atoms with E-state index in [4.69, 9.17) is 0 Å². The van der Waals surface area contributed by atoms with Crippen molar-refractivity contribution < 1.29 is 13.2 Å². The smallest absolute Gasteiger partial charge is 0.238 e. The van der Waals surface area contributed by atoms with E-state index in [1.54, 1.807) is 6.07 Å². The summed E-state index contributed by atoms with van der Waals surface area (Å²) < 4.78 is 38.8. The molecule has 0 aliphatic carbocycles. The molecule has 1 aromatic carbocycles. The summed E-state index contributed by atoms with van der Waals surface area (Å²) in [5.41, 5.74) is 1.89. The largest absolute Gasteiger partial charge is 0.272 e. The molecule has 1 aromatic rings. The Morgan fingerprint density at radius 1 is 1.28 bits per heavy atom. The van der Waals surface area contributed by atoms with Crippen LogP contribution in [0, 0.1) is 13.8 Å². The molecule has 0 heterocycles. The van der Waals surface area contributed by atoms with Gasteiger partial charge in [0.05, 0.1) is 0 Å². The van der Waals surface area contributed by atoms with E-state index in [0.29, 0.717) is 5.56 Å². The second-order valence-corrected chi connectivity index (χ2v) is 5.06. The van der Waals surface area contributed by atoms with Gasteiger partial charge < -0.3 is 0 Å². The van der Waals surface area contributed by atoms with Gasteiger partial charge in [-0.25, -0.2) is 13.2 Å². The first-order valence-corrected chi connectivity index (χ1v) is 5.89. The highest BCUT2D eigenvalue weighted by molar-refractivity contribution is 5.66. The van der Waals surface area contributed by atoms with Crippen molar-refractivity contribution >= 4 is 5.57 Å². The molecule has 0 spiro atoms. The lowest BCUT2D eigenvalue weighted by atomic mass is 9.89.